The van der Waals surface area contributed by atoms with Gasteiger partial charge in [-0.3, -0.25) is 9.97 Å². The van der Waals surface area contributed by atoms with Gasteiger partial charge in [0.25, 0.3) is 0 Å². The highest BCUT2D eigenvalue weighted by molar-refractivity contribution is 5.69. The summed E-state index contributed by atoms with van der Waals surface area (Å²) in [4.78, 5) is 8.28. The van der Waals surface area contributed by atoms with Gasteiger partial charge in [-0.05, 0) is 37.1 Å². The van der Waals surface area contributed by atoms with E-state index < -0.39 is 0 Å². The van der Waals surface area contributed by atoms with E-state index in [0.29, 0.717) is 17.1 Å². The SMILES string of the molecule is Cc1cc(C)cc(-n2cc(N)c(-c3cnccn3)n2)c1. The molecule has 2 heterocycles. The molecule has 2 aromatic heterocycles. The number of hydrogen-bond donors (Lipinski definition) is 1. The molecule has 0 aliphatic carbocycles. The number of anilines is 1. The molecule has 3 aromatic rings. The topological polar surface area (TPSA) is 69.6 Å². The molecule has 0 aliphatic heterocycles. The smallest absolute Gasteiger partial charge is 0.136 e. The molecule has 0 bridgehead atoms. The van der Waals surface area contributed by atoms with E-state index in [2.05, 4.69) is 47.1 Å². The number of nitrogens with zero attached hydrogens (tertiary/aromatic N) is 4. The molecular formula is C15H15N5. The van der Waals surface area contributed by atoms with Crippen LogP contribution in [0.1, 0.15) is 11.1 Å². The van der Waals surface area contributed by atoms with Gasteiger partial charge in [0.1, 0.15) is 11.4 Å². The summed E-state index contributed by atoms with van der Waals surface area (Å²) in [5, 5.41) is 4.52. The van der Waals surface area contributed by atoms with Gasteiger partial charge in [-0.15, -0.1) is 0 Å². The maximum Gasteiger partial charge on any atom is 0.136 e. The van der Waals surface area contributed by atoms with Gasteiger partial charge in [-0.25, -0.2) is 4.68 Å². The van der Waals surface area contributed by atoms with E-state index >= 15 is 0 Å². The van der Waals surface area contributed by atoms with Crippen molar-refractivity contribution in [3.63, 3.8) is 0 Å². The molecular weight excluding hydrogens is 250 g/mol. The fraction of sp³-hybridized carbons (Fsp3) is 0.133. The third kappa shape index (κ3) is 2.25. The Balaban J connectivity index is 2.09. The third-order valence-electron chi connectivity index (χ3n) is 3.02. The molecule has 0 unspecified atom stereocenters. The van der Waals surface area contributed by atoms with Crippen molar-refractivity contribution in [2.75, 3.05) is 5.73 Å². The number of aromatic nitrogens is 4. The largest absolute Gasteiger partial charge is 0.396 e. The van der Waals surface area contributed by atoms with Gasteiger partial charge in [0, 0.05) is 12.4 Å². The molecule has 1 aromatic carbocycles. The zero-order chi connectivity index (χ0) is 14.1. The minimum atomic E-state index is 0.588. The zero-order valence-electron chi connectivity index (χ0n) is 11.4. The van der Waals surface area contributed by atoms with Crippen molar-refractivity contribution < 1.29 is 0 Å². The summed E-state index contributed by atoms with van der Waals surface area (Å²) in [6.07, 6.45) is 6.72. The highest BCUT2D eigenvalue weighted by Crippen LogP contribution is 2.23. The molecule has 0 atom stereocenters. The number of nitrogen functional groups attached to an aromatic ring is 1. The van der Waals surface area contributed by atoms with Crippen molar-refractivity contribution in [1.82, 2.24) is 19.7 Å². The molecule has 0 amide bonds. The van der Waals surface area contributed by atoms with Gasteiger partial charge in [0.2, 0.25) is 0 Å². The van der Waals surface area contributed by atoms with Crippen LogP contribution in [0.4, 0.5) is 5.69 Å². The minimum Gasteiger partial charge on any atom is -0.396 e. The van der Waals surface area contributed by atoms with E-state index in [4.69, 9.17) is 5.73 Å². The Bertz CT molecular complexity index is 726. The Morgan fingerprint density at radius 3 is 2.45 bits per heavy atom. The van der Waals surface area contributed by atoms with Gasteiger partial charge in [0.15, 0.2) is 0 Å². The first-order valence-electron chi connectivity index (χ1n) is 6.34. The Morgan fingerprint density at radius 2 is 1.80 bits per heavy atom. The molecule has 2 N–H and O–H groups in total. The maximum atomic E-state index is 6.04. The second-order valence-electron chi connectivity index (χ2n) is 4.81. The van der Waals surface area contributed by atoms with Gasteiger partial charge < -0.3 is 5.73 Å². The van der Waals surface area contributed by atoms with Crippen molar-refractivity contribution in [3.8, 4) is 17.1 Å². The molecule has 0 spiro atoms. The fourth-order valence-corrected chi connectivity index (χ4v) is 2.22. The number of aryl methyl sites for hydroxylation is 2. The Morgan fingerprint density at radius 1 is 1.05 bits per heavy atom. The molecule has 0 saturated heterocycles. The molecule has 0 saturated carbocycles. The van der Waals surface area contributed by atoms with E-state index in [1.54, 1.807) is 29.5 Å². The second kappa shape index (κ2) is 4.77. The first kappa shape index (κ1) is 12.3. The predicted octanol–water partition coefficient (Wildman–Crippen LogP) is 2.53. The van der Waals surface area contributed by atoms with E-state index in [1.807, 2.05) is 0 Å². The molecule has 5 heteroatoms. The Kier molecular flexibility index (Phi) is 2.95. The van der Waals surface area contributed by atoms with Crippen LogP contribution < -0.4 is 5.73 Å². The molecule has 5 nitrogen and oxygen atoms in total. The lowest BCUT2D eigenvalue weighted by atomic mass is 10.1. The lowest BCUT2D eigenvalue weighted by Gasteiger charge is -2.04. The first-order chi connectivity index (χ1) is 9.63. The van der Waals surface area contributed by atoms with Crippen molar-refractivity contribution in [3.05, 3.63) is 54.1 Å². The molecule has 3 rings (SSSR count). The summed E-state index contributed by atoms with van der Waals surface area (Å²) in [7, 11) is 0. The van der Waals surface area contributed by atoms with Crippen LogP contribution in [-0.2, 0) is 0 Å². The van der Waals surface area contributed by atoms with Gasteiger partial charge in [0.05, 0.1) is 23.8 Å². The highest BCUT2D eigenvalue weighted by atomic mass is 15.3. The van der Waals surface area contributed by atoms with E-state index in [0.717, 1.165) is 5.69 Å². The van der Waals surface area contributed by atoms with Crippen molar-refractivity contribution in [2.45, 2.75) is 13.8 Å². The fourth-order valence-electron chi connectivity index (χ4n) is 2.22. The Hall–Kier alpha value is -2.69. The quantitative estimate of drug-likeness (QED) is 0.773. The lowest BCUT2D eigenvalue weighted by Crippen LogP contribution is -1.96. The van der Waals surface area contributed by atoms with Gasteiger partial charge in [-0.1, -0.05) is 6.07 Å². The molecule has 0 radical (unpaired) electrons. The van der Waals surface area contributed by atoms with Crippen LogP contribution in [0, 0.1) is 13.8 Å². The van der Waals surface area contributed by atoms with Crippen molar-refractivity contribution in [2.24, 2.45) is 0 Å². The zero-order valence-corrected chi connectivity index (χ0v) is 11.4. The molecule has 0 fully saturated rings. The van der Waals surface area contributed by atoms with Crippen LogP contribution in [0.3, 0.4) is 0 Å². The van der Waals surface area contributed by atoms with E-state index in [-0.39, 0.29) is 0 Å². The molecule has 20 heavy (non-hydrogen) atoms. The van der Waals surface area contributed by atoms with Crippen LogP contribution in [0.25, 0.3) is 17.1 Å². The van der Waals surface area contributed by atoms with E-state index in [9.17, 15) is 0 Å². The molecule has 100 valence electrons. The monoisotopic (exact) mass is 265 g/mol. The van der Waals surface area contributed by atoms with Crippen LogP contribution >= 0.6 is 0 Å². The normalized spacial score (nSPS) is 10.7. The summed E-state index contributed by atoms with van der Waals surface area (Å²) >= 11 is 0. The van der Waals surface area contributed by atoms with Gasteiger partial charge in [-0.2, -0.15) is 5.10 Å². The predicted molar refractivity (Wildman–Crippen MR) is 78.5 cm³/mol. The van der Waals surface area contributed by atoms with Crippen molar-refractivity contribution >= 4 is 5.69 Å². The van der Waals surface area contributed by atoms with Gasteiger partial charge >= 0.3 is 0 Å². The Labute approximate surface area is 117 Å². The summed E-state index contributed by atoms with van der Waals surface area (Å²) in [6, 6.07) is 6.26. The van der Waals surface area contributed by atoms with Crippen LogP contribution in [0.5, 0.6) is 0 Å². The second-order valence-corrected chi connectivity index (χ2v) is 4.81. The van der Waals surface area contributed by atoms with Crippen molar-refractivity contribution in [1.29, 1.82) is 0 Å². The van der Waals surface area contributed by atoms with Crippen LogP contribution in [0.15, 0.2) is 43.0 Å². The molecule has 0 aliphatic rings. The third-order valence-corrected chi connectivity index (χ3v) is 3.02. The summed E-state index contributed by atoms with van der Waals surface area (Å²) in [5.41, 5.74) is 11.3. The average molecular weight is 265 g/mol. The summed E-state index contributed by atoms with van der Waals surface area (Å²) in [6.45, 7) is 4.12. The van der Waals surface area contributed by atoms with E-state index in [1.165, 1.54) is 11.1 Å². The minimum absolute atomic E-state index is 0.588. The number of rotatable bonds is 2. The maximum absolute atomic E-state index is 6.04. The summed E-state index contributed by atoms with van der Waals surface area (Å²) in [5.74, 6) is 0. The summed E-state index contributed by atoms with van der Waals surface area (Å²) < 4.78 is 1.78. The first-order valence-corrected chi connectivity index (χ1v) is 6.34. The number of benzene rings is 1. The standard InChI is InChI=1S/C15H15N5/c1-10-5-11(2)7-12(6-10)20-9-13(16)15(19-20)14-8-17-3-4-18-14/h3-9H,16H2,1-2H3. The highest BCUT2D eigenvalue weighted by Gasteiger charge is 2.11. The number of hydrogen-bond acceptors (Lipinski definition) is 4. The average Bonchev–Trinajstić information content (AvgIpc) is 2.81. The number of nitrogens with two attached hydrogens (primary N) is 1. The van der Waals surface area contributed by atoms with Crippen LogP contribution in [0.2, 0.25) is 0 Å². The van der Waals surface area contributed by atoms with Crippen LogP contribution in [-0.4, -0.2) is 19.7 Å². The lowest BCUT2D eigenvalue weighted by molar-refractivity contribution is 0.879.